The lowest BCUT2D eigenvalue weighted by Gasteiger charge is -2.16. The van der Waals surface area contributed by atoms with Crippen molar-refractivity contribution in [2.24, 2.45) is 0 Å². The number of para-hydroxylation sites is 1. The van der Waals surface area contributed by atoms with Crippen LogP contribution in [0.2, 0.25) is 5.02 Å². The van der Waals surface area contributed by atoms with Gasteiger partial charge in [-0.2, -0.15) is 0 Å². The molecule has 0 saturated carbocycles. The molecule has 2 aromatic carbocycles. The molecule has 0 radical (unpaired) electrons. The van der Waals surface area contributed by atoms with Gasteiger partial charge in [0.1, 0.15) is 0 Å². The second-order valence-electron chi connectivity index (χ2n) is 8.13. The van der Waals surface area contributed by atoms with Crippen LogP contribution in [0.5, 0.6) is 0 Å². The lowest BCUT2D eigenvalue weighted by atomic mass is 10.1. The Bertz CT molecular complexity index is 1110. The van der Waals surface area contributed by atoms with Gasteiger partial charge in [0.15, 0.2) is 11.0 Å². The first kappa shape index (κ1) is 23.6. The minimum absolute atomic E-state index is 0.136. The maximum atomic E-state index is 12.5. The number of hydrogen-bond acceptors (Lipinski definition) is 6. The molecule has 33 heavy (non-hydrogen) atoms. The van der Waals surface area contributed by atoms with Gasteiger partial charge in [0.25, 0.3) is 0 Å². The van der Waals surface area contributed by atoms with Crippen molar-refractivity contribution in [3.05, 3.63) is 64.4 Å². The van der Waals surface area contributed by atoms with Crippen molar-refractivity contribution in [3.8, 4) is 0 Å². The first-order chi connectivity index (χ1) is 16.0. The Kier molecular flexibility index (Phi) is 7.90. The Morgan fingerprint density at radius 2 is 2.06 bits per heavy atom. The zero-order valence-electron chi connectivity index (χ0n) is 18.8. The van der Waals surface area contributed by atoms with Crippen LogP contribution in [0.4, 0.5) is 11.4 Å². The molecule has 174 valence electrons. The number of carbonyl (C=O) groups is 1. The molecule has 9 heteroatoms. The van der Waals surface area contributed by atoms with Gasteiger partial charge in [-0.25, -0.2) is 0 Å². The van der Waals surface area contributed by atoms with E-state index in [2.05, 4.69) is 57.4 Å². The minimum atomic E-state index is -0.144. The first-order valence-corrected chi connectivity index (χ1v) is 12.4. The summed E-state index contributed by atoms with van der Waals surface area (Å²) in [7, 11) is 0. The van der Waals surface area contributed by atoms with Gasteiger partial charge in [0.05, 0.1) is 35.7 Å². The largest absolute Gasteiger partial charge is 0.378 e. The van der Waals surface area contributed by atoms with Crippen LogP contribution in [-0.4, -0.2) is 39.1 Å². The van der Waals surface area contributed by atoms with Gasteiger partial charge in [-0.1, -0.05) is 53.2 Å². The Morgan fingerprint density at radius 3 is 2.82 bits per heavy atom. The van der Waals surface area contributed by atoms with Crippen molar-refractivity contribution >= 4 is 40.6 Å². The number of amides is 1. The molecule has 7 nitrogen and oxygen atoms in total. The van der Waals surface area contributed by atoms with Crippen LogP contribution in [-0.2, 0) is 22.6 Å². The van der Waals surface area contributed by atoms with Crippen molar-refractivity contribution in [1.82, 2.24) is 14.8 Å². The SMILES string of the molecule is Cc1ccc(NCc2nnc(SCC(=O)Nc3ccccc3Cl)n2C[C@H]2CCCO2)c(C)c1. The van der Waals surface area contributed by atoms with Gasteiger partial charge in [-0.15, -0.1) is 10.2 Å². The molecule has 0 bridgehead atoms. The number of thioether (sulfide) groups is 1. The summed E-state index contributed by atoms with van der Waals surface area (Å²) in [4.78, 5) is 12.5. The van der Waals surface area contributed by atoms with Crippen LogP contribution in [0.3, 0.4) is 0 Å². The van der Waals surface area contributed by atoms with E-state index in [1.165, 1.54) is 22.9 Å². The summed E-state index contributed by atoms with van der Waals surface area (Å²) in [6, 6.07) is 13.5. The van der Waals surface area contributed by atoms with E-state index in [0.717, 1.165) is 31.0 Å². The average molecular weight is 486 g/mol. The minimum Gasteiger partial charge on any atom is -0.378 e. The summed E-state index contributed by atoms with van der Waals surface area (Å²) >= 11 is 7.51. The molecule has 2 N–H and O–H groups in total. The van der Waals surface area contributed by atoms with Gasteiger partial charge in [-0.3, -0.25) is 4.79 Å². The monoisotopic (exact) mass is 485 g/mol. The molecule has 3 aromatic rings. The number of anilines is 2. The van der Waals surface area contributed by atoms with E-state index in [-0.39, 0.29) is 17.8 Å². The smallest absolute Gasteiger partial charge is 0.234 e. The van der Waals surface area contributed by atoms with Crippen molar-refractivity contribution in [1.29, 1.82) is 0 Å². The van der Waals surface area contributed by atoms with Crippen LogP contribution in [0, 0.1) is 13.8 Å². The first-order valence-electron chi connectivity index (χ1n) is 11.0. The lowest BCUT2D eigenvalue weighted by Crippen LogP contribution is -2.20. The second-order valence-corrected chi connectivity index (χ2v) is 9.48. The zero-order valence-corrected chi connectivity index (χ0v) is 20.4. The summed E-state index contributed by atoms with van der Waals surface area (Å²) < 4.78 is 7.92. The summed E-state index contributed by atoms with van der Waals surface area (Å²) in [5, 5.41) is 16.3. The molecule has 1 saturated heterocycles. The third kappa shape index (κ3) is 6.28. The number of nitrogens with zero attached hydrogens (tertiary/aromatic N) is 3. The number of rotatable bonds is 9. The normalized spacial score (nSPS) is 15.5. The topological polar surface area (TPSA) is 81.1 Å². The fourth-order valence-electron chi connectivity index (χ4n) is 3.80. The van der Waals surface area contributed by atoms with Crippen LogP contribution < -0.4 is 10.6 Å². The van der Waals surface area contributed by atoms with E-state index < -0.39 is 0 Å². The van der Waals surface area contributed by atoms with Crippen molar-refractivity contribution < 1.29 is 9.53 Å². The highest BCUT2D eigenvalue weighted by molar-refractivity contribution is 7.99. The fraction of sp³-hybridized carbons (Fsp3) is 0.375. The van der Waals surface area contributed by atoms with E-state index in [4.69, 9.17) is 16.3 Å². The molecule has 0 spiro atoms. The molecule has 0 unspecified atom stereocenters. The molecule has 1 amide bonds. The van der Waals surface area contributed by atoms with Crippen LogP contribution in [0.1, 0.15) is 29.8 Å². The quantitative estimate of drug-likeness (QED) is 0.412. The molecule has 1 atom stereocenters. The molecule has 1 fully saturated rings. The lowest BCUT2D eigenvalue weighted by molar-refractivity contribution is -0.113. The summed E-state index contributed by atoms with van der Waals surface area (Å²) in [5.74, 6) is 0.883. The highest BCUT2D eigenvalue weighted by Gasteiger charge is 2.21. The van der Waals surface area contributed by atoms with E-state index in [1.54, 1.807) is 12.1 Å². The predicted molar refractivity (Wildman–Crippen MR) is 133 cm³/mol. The van der Waals surface area contributed by atoms with Crippen molar-refractivity contribution in [2.45, 2.75) is 51.0 Å². The highest BCUT2D eigenvalue weighted by Crippen LogP contribution is 2.24. The van der Waals surface area contributed by atoms with Crippen molar-refractivity contribution in [3.63, 3.8) is 0 Å². The highest BCUT2D eigenvalue weighted by atomic mass is 35.5. The molecular weight excluding hydrogens is 458 g/mol. The number of halogens is 1. The number of aromatic nitrogens is 3. The van der Waals surface area contributed by atoms with E-state index >= 15 is 0 Å². The van der Waals surface area contributed by atoms with E-state index in [0.29, 0.717) is 29.0 Å². The molecular formula is C24H28ClN5O2S. The summed E-state index contributed by atoms with van der Waals surface area (Å²) in [6.07, 6.45) is 2.21. The van der Waals surface area contributed by atoms with Gasteiger partial charge in [-0.05, 0) is 50.5 Å². The van der Waals surface area contributed by atoms with Crippen LogP contribution >= 0.6 is 23.4 Å². The summed E-state index contributed by atoms with van der Waals surface area (Å²) in [5.41, 5.74) is 4.09. The van der Waals surface area contributed by atoms with Crippen LogP contribution in [0.25, 0.3) is 0 Å². The van der Waals surface area contributed by atoms with Gasteiger partial charge in [0, 0.05) is 12.3 Å². The molecule has 1 aliphatic heterocycles. The zero-order chi connectivity index (χ0) is 23.2. The second kappa shape index (κ2) is 11.0. The maximum absolute atomic E-state index is 12.5. The van der Waals surface area contributed by atoms with Gasteiger partial charge in [0.2, 0.25) is 5.91 Å². The molecule has 1 aromatic heterocycles. The third-order valence-electron chi connectivity index (χ3n) is 5.50. The Morgan fingerprint density at radius 1 is 1.21 bits per heavy atom. The average Bonchev–Trinajstić information content (AvgIpc) is 3.44. The summed E-state index contributed by atoms with van der Waals surface area (Å²) in [6.45, 7) is 6.17. The molecule has 0 aliphatic carbocycles. The van der Waals surface area contributed by atoms with Gasteiger partial charge >= 0.3 is 0 Å². The molecule has 4 rings (SSSR count). The number of nitrogens with one attached hydrogen (secondary N) is 2. The van der Waals surface area contributed by atoms with Crippen molar-refractivity contribution in [2.75, 3.05) is 23.0 Å². The van der Waals surface area contributed by atoms with Gasteiger partial charge < -0.3 is 19.9 Å². The standard InChI is InChI=1S/C24H28ClN5O2S/c1-16-9-10-20(17(2)12-16)26-13-22-28-29-24(30(22)14-18-6-5-11-32-18)33-15-23(31)27-21-8-4-3-7-19(21)25/h3-4,7-10,12,18,26H,5-6,11,13-15H2,1-2H3,(H,27,31)/t18-/m1/s1. The number of carbonyl (C=O) groups excluding carboxylic acids is 1. The Hall–Kier alpha value is -2.55. The third-order valence-corrected chi connectivity index (χ3v) is 6.80. The Labute approximate surface area is 203 Å². The van der Waals surface area contributed by atoms with E-state index in [9.17, 15) is 4.79 Å². The number of hydrogen-bond donors (Lipinski definition) is 2. The fourth-order valence-corrected chi connectivity index (χ4v) is 4.75. The van der Waals surface area contributed by atoms with Crippen LogP contribution in [0.15, 0.2) is 47.6 Å². The molecule has 1 aliphatic rings. The maximum Gasteiger partial charge on any atom is 0.234 e. The predicted octanol–water partition coefficient (Wildman–Crippen LogP) is 5.07. The number of ether oxygens (including phenoxy) is 1. The number of benzene rings is 2. The molecule has 2 heterocycles. The van der Waals surface area contributed by atoms with E-state index in [1.807, 2.05) is 12.1 Å². The number of aryl methyl sites for hydroxylation is 2. The Balaban J connectivity index is 1.44.